The van der Waals surface area contributed by atoms with Crippen LogP contribution in [0.15, 0.2) is 54.6 Å². The van der Waals surface area contributed by atoms with E-state index in [1.807, 2.05) is 12.1 Å². The summed E-state index contributed by atoms with van der Waals surface area (Å²) in [6.45, 7) is 4.52. The van der Waals surface area contributed by atoms with Crippen LogP contribution < -0.4 is 4.74 Å². The average Bonchev–Trinajstić information content (AvgIpc) is 2.89. The molecular weight excluding hydrogens is 445 g/mol. The molecule has 3 aromatic carbocycles. The van der Waals surface area contributed by atoms with E-state index in [2.05, 4.69) is 13.8 Å². The lowest BCUT2D eigenvalue weighted by Crippen LogP contribution is -2.14. The summed E-state index contributed by atoms with van der Waals surface area (Å²) in [4.78, 5) is 0. The predicted molar refractivity (Wildman–Crippen MR) is 136 cm³/mol. The molecular formula is C31H35F3O. The third-order valence-corrected chi connectivity index (χ3v) is 7.46. The highest BCUT2D eigenvalue weighted by Crippen LogP contribution is 2.39. The van der Waals surface area contributed by atoms with Crippen LogP contribution in [0.5, 0.6) is 5.75 Å². The number of benzene rings is 3. The smallest absolute Gasteiger partial charge is 0.166 e. The van der Waals surface area contributed by atoms with Crippen molar-refractivity contribution in [3.63, 3.8) is 0 Å². The van der Waals surface area contributed by atoms with Crippen LogP contribution in [-0.2, 0) is 13.0 Å². The van der Waals surface area contributed by atoms with Gasteiger partial charge in [-0.15, -0.1) is 0 Å². The topological polar surface area (TPSA) is 9.23 Å². The Hall–Kier alpha value is -2.75. The molecule has 1 saturated carbocycles. The molecule has 0 bridgehead atoms. The number of halogens is 3. The number of hydrogen-bond acceptors (Lipinski definition) is 1. The quantitative estimate of drug-likeness (QED) is 0.296. The summed E-state index contributed by atoms with van der Waals surface area (Å²) in [5.74, 6) is -0.297. The zero-order chi connectivity index (χ0) is 24.8. The van der Waals surface area contributed by atoms with Crippen LogP contribution in [-0.4, -0.2) is 0 Å². The maximum Gasteiger partial charge on any atom is 0.166 e. The summed E-state index contributed by atoms with van der Waals surface area (Å²) in [7, 11) is 0. The Labute approximate surface area is 207 Å². The van der Waals surface area contributed by atoms with Crippen LogP contribution in [0.1, 0.15) is 81.4 Å². The van der Waals surface area contributed by atoms with Crippen molar-refractivity contribution in [1.29, 1.82) is 0 Å². The number of ether oxygens (including phenoxy) is 1. The largest absolute Gasteiger partial charge is 0.489 e. The van der Waals surface area contributed by atoms with Gasteiger partial charge in [-0.25, -0.2) is 13.2 Å². The number of hydrogen-bond donors (Lipinski definition) is 0. The van der Waals surface area contributed by atoms with Gasteiger partial charge in [-0.05, 0) is 90.8 Å². The molecule has 186 valence electrons. The fourth-order valence-electron chi connectivity index (χ4n) is 5.13. The number of rotatable bonds is 9. The highest BCUT2D eigenvalue weighted by molar-refractivity contribution is 5.65. The molecule has 0 saturated heterocycles. The Morgan fingerprint density at radius 3 is 2.23 bits per heavy atom. The van der Waals surface area contributed by atoms with E-state index in [0.29, 0.717) is 22.8 Å². The van der Waals surface area contributed by atoms with Gasteiger partial charge in [0.15, 0.2) is 11.6 Å². The molecule has 0 N–H and O–H groups in total. The molecule has 0 spiro atoms. The summed E-state index contributed by atoms with van der Waals surface area (Å²) in [5.41, 5.74) is 2.84. The summed E-state index contributed by atoms with van der Waals surface area (Å²) < 4.78 is 50.1. The van der Waals surface area contributed by atoms with E-state index in [0.717, 1.165) is 62.5 Å². The van der Waals surface area contributed by atoms with Crippen LogP contribution in [0, 0.1) is 23.4 Å². The Kier molecular flexibility index (Phi) is 8.54. The first-order chi connectivity index (χ1) is 17.0. The van der Waals surface area contributed by atoms with Crippen molar-refractivity contribution in [2.45, 2.75) is 77.7 Å². The lowest BCUT2D eigenvalue weighted by Gasteiger charge is -2.28. The molecule has 3 aromatic rings. The highest BCUT2D eigenvalue weighted by Gasteiger charge is 2.26. The van der Waals surface area contributed by atoms with Gasteiger partial charge in [0.2, 0.25) is 0 Å². The van der Waals surface area contributed by atoms with E-state index in [1.54, 1.807) is 36.4 Å². The first-order valence-electron chi connectivity index (χ1n) is 13.0. The third kappa shape index (κ3) is 6.09. The Morgan fingerprint density at radius 1 is 0.829 bits per heavy atom. The van der Waals surface area contributed by atoms with Crippen molar-refractivity contribution < 1.29 is 17.9 Å². The Morgan fingerprint density at radius 2 is 1.57 bits per heavy atom. The van der Waals surface area contributed by atoms with Crippen molar-refractivity contribution in [2.24, 2.45) is 5.92 Å². The predicted octanol–water partition coefficient (Wildman–Crippen LogP) is 9.38. The first-order valence-corrected chi connectivity index (χ1v) is 13.0. The van der Waals surface area contributed by atoms with Gasteiger partial charge in [0.05, 0.1) is 0 Å². The maximum absolute atomic E-state index is 15.0. The summed E-state index contributed by atoms with van der Waals surface area (Å²) in [5, 5.41) is 0. The minimum atomic E-state index is -0.785. The van der Waals surface area contributed by atoms with Crippen molar-refractivity contribution >= 4 is 0 Å². The normalized spacial score (nSPS) is 18.0. The molecule has 0 aliphatic heterocycles. The second-order valence-electron chi connectivity index (χ2n) is 9.80. The minimum absolute atomic E-state index is 0.0997. The van der Waals surface area contributed by atoms with Crippen LogP contribution in [0.25, 0.3) is 11.1 Å². The SMILES string of the molecule is CCCCc1ccc(COc2ccc(-c3ccc(C4CCC(CC)CC4)c(F)c3F)cc2)cc1F. The van der Waals surface area contributed by atoms with Crippen LogP contribution >= 0.6 is 0 Å². The van der Waals surface area contributed by atoms with Gasteiger partial charge in [0.1, 0.15) is 18.2 Å². The second kappa shape index (κ2) is 11.8. The molecule has 0 radical (unpaired) electrons. The zero-order valence-electron chi connectivity index (χ0n) is 20.8. The molecule has 4 rings (SSSR count). The molecule has 35 heavy (non-hydrogen) atoms. The van der Waals surface area contributed by atoms with Gasteiger partial charge in [-0.1, -0.05) is 63.1 Å². The second-order valence-corrected chi connectivity index (χ2v) is 9.80. The molecule has 4 heteroatoms. The van der Waals surface area contributed by atoms with E-state index in [1.165, 1.54) is 6.07 Å². The third-order valence-electron chi connectivity index (χ3n) is 7.46. The van der Waals surface area contributed by atoms with Gasteiger partial charge in [-0.2, -0.15) is 0 Å². The Balaban J connectivity index is 1.40. The molecule has 0 unspecified atom stereocenters. The van der Waals surface area contributed by atoms with Gasteiger partial charge >= 0.3 is 0 Å². The molecule has 0 heterocycles. The van der Waals surface area contributed by atoms with E-state index in [-0.39, 0.29) is 23.9 Å². The maximum atomic E-state index is 15.0. The standard InChI is InChI=1S/C31H35F3O/c1-3-5-6-25-12-9-22(19-29(25)32)20-35-26-15-13-24(14-16-26)28-18-17-27(30(33)31(28)34)23-10-7-21(4-2)8-11-23/h9,12-19,21,23H,3-8,10-11,20H2,1-2H3. The van der Waals surface area contributed by atoms with Crippen molar-refractivity contribution in [1.82, 2.24) is 0 Å². The molecule has 0 aromatic heterocycles. The van der Waals surface area contributed by atoms with E-state index in [9.17, 15) is 8.78 Å². The fourth-order valence-corrected chi connectivity index (χ4v) is 5.13. The number of aryl methyl sites for hydroxylation is 1. The molecule has 0 amide bonds. The summed E-state index contributed by atoms with van der Waals surface area (Å²) in [6.07, 6.45) is 7.90. The lowest BCUT2D eigenvalue weighted by molar-refractivity contribution is 0.305. The van der Waals surface area contributed by atoms with Gasteiger partial charge < -0.3 is 4.74 Å². The molecule has 0 atom stereocenters. The minimum Gasteiger partial charge on any atom is -0.489 e. The number of unbranched alkanes of at least 4 members (excludes halogenated alkanes) is 1. The summed E-state index contributed by atoms with van der Waals surface area (Å²) in [6, 6.07) is 15.6. The molecule has 1 aliphatic rings. The van der Waals surface area contributed by atoms with Crippen LogP contribution in [0.2, 0.25) is 0 Å². The van der Waals surface area contributed by atoms with E-state index in [4.69, 9.17) is 4.74 Å². The van der Waals surface area contributed by atoms with Gasteiger partial charge in [0.25, 0.3) is 0 Å². The van der Waals surface area contributed by atoms with Crippen molar-refractivity contribution in [2.75, 3.05) is 0 Å². The fraction of sp³-hybridized carbons (Fsp3) is 0.419. The van der Waals surface area contributed by atoms with Crippen molar-refractivity contribution in [3.8, 4) is 16.9 Å². The van der Waals surface area contributed by atoms with Gasteiger partial charge in [-0.3, -0.25) is 0 Å². The van der Waals surface area contributed by atoms with E-state index >= 15 is 4.39 Å². The van der Waals surface area contributed by atoms with E-state index < -0.39 is 11.6 Å². The first kappa shape index (κ1) is 25.3. The lowest BCUT2D eigenvalue weighted by atomic mass is 9.77. The average molecular weight is 481 g/mol. The molecule has 1 aliphatic carbocycles. The van der Waals surface area contributed by atoms with Crippen LogP contribution in [0.3, 0.4) is 0 Å². The molecule has 1 nitrogen and oxygen atoms in total. The highest BCUT2D eigenvalue weighted by atomic mass is 19.2. The molecule has 1 fully saturated rings. The zero-order valence-corrected chi connectivity index (χ0v) is 20.8. The monoisotopic (exact) mass is 480 g/mol. The Bertz CT molecular complexity index is 1110. The van der Waals surface area contributed by atoms with Gasteiger partial charge in [0, 0.05) is 5.56 Å². The summed E-state index contributed by atoms with van der Waals surface area (Å²) >= 11 is 0. The van der Waals surface area contributed by atoms with Crippen molar-refractivity contribution in [3.05, 3.63) is 88.7 Å². The van der Waals surface area contributed by atoms with Crippen LogP contribution in [0.4, 0.5) is 13.2 Å².